The third kappa shape index (κ3) is 1.48. The van der Waals surface area contributed by atoms with Gasteiger partial charge in [0.2, 0.25) is 0 Å². The van der Waals surface area contributed by atoms with Crippen molar-refractivity contribution in [1.29, 1.82) is 5.26 Å². The van der Waals surface area contributed by atoms with Crippen LogP contribution in [0.4, 0.5) is 0 Å². The summed E-state index contributed by atoms with van der Waals surface area (Å²) in [6, 6.07) is 5.05. The summed E-state index contributed by atoms with van der Waals surface area (Å²) in [6.45, 7) is 0. The molecule has 2 rings (SSSR count). The summed E-state index contributed by atoms with van der Waals surface area (Å²) >= 11 is 11.7. The molecule has 0 radical (unpaired) electrons. The molecule has 1 aromatic carbocycles. The van der Waals surface area contributed by atoms with E-state index in [-0.39, 0.29) is 11.3 Å². The number of rotatable bonds is 1. The minimum atomic E-state index is 0.198. The molecule has 0 aliphatic heterocycles. The maximum atomic E-state index is 10.8. The summed E-state index contributed by atoms with van der Waals surface area (Å²) < 4.78 is 0. The number of carbonyl (C=O) groups is 1. The minimum absolute atomic E-state index is 0.198. The van der Waals surface area contributed by atoms with Gasteiger partial charge in [0.25, 0.3) is 0 Å². The van der Waals surface area contributed by atoms with E-state index in [4.69, 9.17) is 28.5 Å². The number of nitriles is 1. The lowest BCUT2D eigenvalue weighted by Gasteiger charge is -1.95. The molecule has 15 heavy (non-hydrogen) atoms. The number of nitrogens with one attached hydrogen (secondary N) is 1. The van der Waals surface area contributed by atoms with Gasteiger partial charge in [0.1, 0.15) is 11.8 Å². The summed E-state index contributed by atoms with van der Waals surface area (Å²) in [5.74, 6) is 0. The van der Waals surface area contributed by atoms with Crippen molar-refractivity contribution < 1.29 is 4.79 Å². The average molecular weight is 239 g/mol. The highest BCUT2D eigenvalue weighted by atomic mass is 35.5. The molecular weight excluding hydrogens is 235 g/mol. The number of hydrogen-bond donors (Lipinski definition) is 1. The van der Waals surface area contributed by atoms with Crippen molar-refractivity contribution in [2.75, 3.05) is 0 Å². The van der Waals surface area contributed by atoms with Gasteiger partial charge < -0.3 is 4.98 Å². The molecule has 1 aromatic heterocycles. The molecular formula is C10H4Cl2N2O. The fourth-order valence-corrected chi connectivity index (χ4v) is 2.07. The molecule has 0 aliphatic carbocycles. The molecule has 0 saturated carbocycles. The molecule has 0 aliphatic rings. The molecule has 0 unspecified atom stereocenters. The first-order chi connectivity index (χ1) is 7.17. The zero-order valence-electron chi connectivity index (χ0n) is 7.34. The molecule has 0 atom stereocenters. The predicted octanol–water partition coefficient (Wildman–Crippen LogP) is 3.16. The second-order valence-electron chi connectivity index (χ2n) is 2.95. The van der Waals surface area contributed by atoms with Crippen molar-refractivity contribution in [2.24, 2.45) is 0 Å². The van der Waals surface area contributed by atoms with Gasteiger partial charge in [-0.2, -0.15) is 5.26 Å². The largest absolute Gasteiger partial charge is 0.346 e. The minimum Gasteiger partial charge on any atom is -0.346 e. The van der Waals surface area contributed by atoms with Crippen molar-refractivity contribution >= 4 is 40.4 Å². The summed E-state index contributed by atoms with van der Waals surface area (Å²) in [4.78, 5) is 13.6. The highest BCUT2D eigenvalue weighted by Crippen LogP contribution is 2.31. The fraction of sp³-hybridized carbons (Fsp3) is 0. The van der Waals surface area contributed by atoms with Gasteiger partial charge in [0.05, 0.1) is 16.1 Å². The maximum Gasteiger partial charge on any atom is 0.153 e. The van der Waals surface area contributed by atoms with Crippen LogP contribution in [0.3, 0.4) is 0 Å². The molecule has 0 bridgehead atoms. The van der Waals surface area contributed by atoms with Crippen LogP contribution in [0.15, 0.2) is 12.1 Å². The number of H-pyrrole nitrogens is 1. The Labute approximate surface area is 95.2 Å². The number of aromatic amines is 1. The first-order valence-corrected chi connectivity index (χ1v) is 4.79. The Bertz CT molecular complexity index is 595. The Morgan fingerprint density at radius 3 is 2.73 bits per heavy atom. The van der Waals surface area contributed by atoms with E-state index in [1.54, 1.807) is 6.07 Å². The van der Waals surface area contributed by atoms with Crippen LogP contribution in [0, 0.1) is 11.3 Å². The molecule has 1 N–H and O–H groups in total. The molecule has 3 nitrogen and oxygen atoms in total. The highest BCUT2D eigenvalue weighted by molar-refractivity contribution is 6.39. The van der Waals surface area contributed by atoms with Crippen molar-refractivity contribution in [3.8, 4) is 6.07 Å². The lowest BCUT2D eigenvalue weighted by Crippen LogP contribution is -1.82. The molecule has 0 saturated heterocycles. The van der Waals surface area contributed by atoms with Crippen LogP contribution in [0.5, 0.6) is 0 Å². The van der Waals surface area contributed by atoms with Crippen LogP contribution in [-0.2, 0) is 0 Å². The average Bonchev–Trinajstić information content (AvgIpc) is 2.55. The molecule has 1 heterocycles. The Hall–Kier alpha value is -1.50. The standard InChI is InChI=1S/C10H4Cl2N2O/c11-5-1-7(12)10-6(4-15)9(3-13)14-8(10)2-5/h1-2,4,14H. The molecule has 74 valence electrons. The number of hydrogen-bond acceptors (Lipinski definition) is 2. The summed E-state index contributed by atoms with van der Waals surface area (Å²) in [5.41, 5.74) is 1.06. The number of fused-ring (bicyclic) bond motifs is 1. The molecule has 0 fully saturated rings. The van der Waals surface area contributed by atoms with E-state index in [0.717, 1.165) is 0 Å². The maximum absolute atomic E-state index is 10.8. The summed E-state index contributed by atoms with van der Waals surface area (Å²) in [7, 11) is 0. The van der Waals surface area contributed by atoms with Crippen LogP contribution in [0.1, 0.15) is 16.1 Å². The predicted molar refractivity (Wildman–Crippen MR) is 58.4 cm³/mol. The van der Waals surface area contributed by atoms with E-state index in [1.165, 1.54) is 6.07 Å². The van der Waals surface area contributed by atoms with Crippen LogP contribution < -0.4 is 0 Å². The van der Waals surface area contributed by atoms with Gasteiger partial charge in [-0.1, -0.05) is 23.2 Å². The number of halogens is 2. The van der Waals surface area contributed by atoms with E-state index >= 15 is 0 Å². The quantitative estimate of drug-likeness (QED) is 0.777. The topological polar surface area (TPSA) is 56.6 Å². The molecule has 5 heteroatoms. The lowest BCUT2D eigenvalue weighted by molar-refractivity contribution is 0.112. The molecule has 0 spiro atoms. The Morgan fingerprint density at radius 1 is 1.40 bits per heavy atom. The Balaban J connectivity index is 2.96. The smallest absolute Gasteiger partial charge is 0.153 e. The molecule has 0 amide bonds. The van der Waals surface area contributed by atoms with Gasteiger partial charge in [-0.15, -0.1) is 0 Å². The summed E-state index contributed by atoms with van der Waals surface area (Å²) in [5, 5.41) is 10.1. The number of aromatic nitrogens is 1. The van der Waals surface area contributed by atoms with Crippen molar-refractivity contribution in [2.45, 2.75) is 0 Å². The van der Waals surface area contributed by atoms with E-state index in [0.29, 0.717) is 27.2 Å². The fourth-order valence-electron chi connectivity index (χ4n) is 1.48. The second kappa shape index (κ2) is 3.58. The van der Waals surface area contributed by atoms with Gasteiger partial charge in [-0.25, -0.2) is 0 Å². The zero-order valence-corrected chi connectivity index (χ0v) is 8.86. The third-order valence-electron chi connectivity index (χ3n) is 2.08. The lowest BCUT2D eigenvalue weighted by atomic mass is 10.1. The van der Waals surface area contributed by atoms with Gasteiger partial charge >= 0.3 is 0 Å². The van der Waals surface area contributed by atoms with Gasteiger partial charge in [0, 0.05) is 10.4 Å². The van der Waals surface area contributed by atoms with Crippen molar-refractivity contribution in [3.05, 3.63) is 33.4 Å². The number of aldehydes is 1. The Morgan fingerprint density at radius 2 is 2.13 bits per heavy atom. The summed E-state index contributed by atoms with van der Waals surface area (Å²) in [6.07, 6.45) is 0.608. The van der Waals surface area contributed by atoms with Crippen molar-refractivity contribution in [1.82, 2.24) is 4.98 Å². The van der Waals surface area contributed by atoms with Crippen LogP contribution in [0.2, 0.25) is 10.0 Å². The van der Waals surface area contributed by atoms with Crippen LogP contribution in [-0.4, -0.2) is 11.3 Å². The van der Waals surface area contributed by atoms with Gasteiger partial charge in [0.15, 0.2) is 6.29 Å². The van der Waals surface area contributed by atoms with Gasteiger partial charge in [-0.05, 0) is 12.1 Å². The number of carbonyl (C=O) groups excluding carboxylic acids is 1. The van der Waals surface area contributed by atoms with E-state index in [2.05, 4.69) is 4.98 Å². The third-order valence-corrected chi connectivity index (χ3v) is 2.60. The normalized spacial score (nSPS) is 10.2. The van der Waals surface area contributed by atoms with E-state index < -0.39 is 0 Å². The second-order valence-corrected chi connectivity index (χ2v) is 3.80. The number of benzene rings is 1. The van der Waals surface area contributed by atoms with Crippen molar-refractivity contribution in [3.63, 3.8) is 0 Å². The first kappa shape index (κ1) is 10.0. The van der Waals surface area contributed by atoms with Crippen LogP contribution >= 0.6 is 23.2 Å². The van der Waals surface area contributed by atoms with E-state index in [9.17, 15) is 4.79 Å². The molecule has 2 aromatic rings. The van der Waals surface area contributed by atoms with Crippen LogP contribution in [0.25, 0.3) is 10.9 Å². The SMILES string of the molecule is N#Cc1[nH]c2cc(Cl)cc(Cl)c2c1C=O. The Kier molecular flexibility index (Phi) is 2.39. The zero-order chi connectivity index (χ0) is 11.0. The van der Waals surface area contributed by atoms with Gasteiger partial charge in [-0.3, -0.25) is 4.79 Å². The highest BCUT2D eigenvalue weighted by Gasteiger charge is 2.13. The first-order valence-electron chi connectivity index (χ1n) is 4.03. The van der Waals surface area contributed by atoms with E-state index in [1.807, 2.05) is 6.07 Å². The monoisotopic (exact) mass is 238 g/mol. The number of nitrogens with zero attached hydrogens (tertiary/aromatic N) is 1.